The van der Waals surface area contributed by atoms with Crippen molar-refractivity contribution in [2.45, 2.75) is 6.54 Å². The number of pyridine rings is 1. The Hall–Kier alpha value is -2.17. The van der Waals surface area contributed by atoms with Crippen LogP contribution < -0.4 is 11.1 Å². The summed E-state index contributed by atoms with van der Waals surface area (Å²) in [6.07, 6.45) is 6.56. The van der Waals surface area contributed by atoms with E-state index in [1.54, 1.807) is 18.6 Å². The highest BCUT2D eigenvalue weighted by molar-refractivity contribution is 5.51. The fraction of sp³-hybridized carbons (Fsp3) is 0.100. The summed E-state index contributed by atoms with van der Waals surface area (Å²) in [6, 6.07) is 3.68. The number of nitrogen functional groups attached to an aromatic ring is 1. The average molecular weight is 201 g/mol. The Morgan fingerprint density at radius 3 is 2.93 bits per heavy atom. The molecular formula is C10H11N5. The number of hydrogen-bond acceptors (Lipinski definition) is 5. The summed E-state index contributed by atoms with van der Waals surface area (Å²) in [5, 5.41) is 3.17. The lowest BCUT2D eigenvalue weighted by atomic mass is 10.3. The molecule has 5 heteroatoms. The zero-order chi connectivity index (χ0) is 10.5. The summed E-state index contributed by atoms with van der Waals surface area (Å²) >= 11 is 0. The van der Waals surface area contributed by atoms with Gasteiger partial charge < -0.3 is 11.1 Å². The first-order valence-electron chi connectivity index (χ1n) is 4.54. The Labute approximate surface area is 87.4 Å². The molecule has 15 heavy (non-hydrogen) atoms. The second-order valence-corrected chi connectivity index (χ2v) is 3.06. The predicted octanol–water partition coefficient (Wildman–Crippen LogP) is 1.07. The smallest absolute Gasteiger partial charge is 0.115 e. The average Bonchev–Trinajstić information content (AvgIpc) is 2.28. The summed E-state index contributed by atoms with van der Waals surface area (Å²) in [5.41, 5.74) is 8.05. The molecule has 0 saturated heterocycles. The quantitative estimate of drug-likeness (QED) is 0.776. The van der Waals surface area contributed by atoms with E-state index in [0.29, 0.717) is 12.2 Å². The Morgan fingerprint density at radius 2 is 2.20 bits per heavy atom. The molecule has 0 amide bonds. The molecule has 0 saturated carbocycles. The van der Waals surface area contributed by atoms with Crippen molar-refractivity contribution < 1.29 is 0 Å². The third kappa shape index (κ3) is 2.63. The first kappa shape index (κ1) is 9.39. The molecule has 2 rings (SSSR count). The summed E-state index contributed by atoms with van der Waals surface area (Å²) in [4.78, 5) is 11.9. The largest absolute Gasteiger partial charge is 0.397 e. The van der Waals surface area contributed by atoms with E-state index in [0.717, 1.165) is 11.4 Å². The van der Waals surface area contributed by atoms with Gasteiger partial charge in [-0.25, -0.2) is 9.97 Å². The molecule has 0 bridgehead atoms. The molecule has 0 aromatic carbocycles. The molecule has 0 aliphatic rings. The van der Waals surface area contributed by atoms with Gasteiger partial charge in [0, 0.05) is 12.4 Å². The van der Waals surface area contributed by atoms with Crippen molar-refractivity contribution in [2.75, 3.05) is 11.1 Å². The van der Waals surface area contributed by atoms with Crippen molar-refractivity contribution >= 4 is 11.4 Å². The molecule has 5 nitrogen and oxygen atoms in total. The standard InChI is InChI=1S/C10H11N5/c11-8-3-10(5-13-4-8)14-6-9-1-2-12-7-15-9/h1-5,7,14H,6,11H2. The lowest BCUT2D eigenvalue weighted by Crippen LogP contribution is -2.02. The first-order chi connectivity index (χ1) is 7.34. The van der Waals surface area contributed by atoms with Crippen molar-refractivity contribution in [3.63, 3.8) is 0 Å². The van der Waals surface area contributed by atoms with Gasteiger partial charge in [0.1, 0.15) is 6.33 Å². The number of hydrogen-bond donors (Lipinski definition) is 2. The normalized spacial score (nSPS) is 9.87. The zero-order valence-corrected chi connectivity index (χ0v) is 8.09. The van der Waals surface area contributed by atoms with Gasteiger partial charge in [-0.3, -0.25) is 4.98 Å². The highest BCUT2D eigenvalue weighted by Crippen LogP contribution is 2.10. The van der Waals surface area contributed by atoms with Crippen LogP contribution in [0.1, 0.15) is 5.69 Å². The Bertz CT molecular complexity index is 429. The van der Waals surface area contributed by atoms with Gasteiger partial charge in [0.2, 0.25) is 0 Å². The lowest BCUT2D eigenvalue weighted by Gasteiger charge is -2.05. The third-order valence-electron chi connectivity index (χ3n) is 1.88. The van der Waals surface area contributed by atoms with Gasteiger partial charge >= 0.3 is 0 Å². The van der Waals surface area contributed by atoms with Crippen LogP contribution >= 0.6 is 0 Å². The number of aromatic nitrogens is 3. The van der Waals surface area contributed by atoms with Crippen molar-refractivity contribution in [1.82, 2.24) is 15.0 Å². The maximum atomic E-state index is 5.60. The van der Waals surface area contributed by atoms with Gasteiger partial charge in [-0.15, -0.1) is 0 Å². The van der Waals surface area contributed by atoms with Crippen molar-refractivity contribution in [2.24, 2.45) is 0 Å². The van der Waals surface area contributed by atoms with Crippen LogP contribution in [-0.4, -0.2) is 15.0 Å². The monoisotopic (exact) mass is 201 g/mol. The lowest BCUT2D eigenvalue weighted by molar-refractivity contribution is 1.00. The SMILES string of the molecule is Nc1cncc(NCc2ccncn2)c1. The van der Waals surface area contributed by atoms with Crippen LogP contribution in [-0.2, 0) is 6.54 Å². The minimum atomic E-state index is 0.633. The Balaban J connectivity index is 1.99. The summed E-state index contributed by atoms with van der Waals surface area (Å²) < 4.78 is 0. The molecule has 2 aromatic heterocycles. The molecule has 0 aliphatic carbocycles. The van der Waals surface area contributed by atoms with E-state index in [1.165, 1.54) is 6.33 Å². The van der Waals surface area contributed by atoms with Crippen LogP contribution in [0.3, 0.4) is 0 Å². The second kappa shape index (κ2) is 4.36. The molecule has 0 atom stereocenters. The van der Waals surface area contributed by atoms with Crippen LogP contribution in [0.15, 0.2) is 37.1 Å². The number of nitrogens with zero attached hydrogens (tertiary/aromatic N) is 3. The van der Waals surface area contributed by atoms with Gasteiger partial charge in [-0.1, -0.05) is 0 Å². The number of nitrogens with one attached hydrogen (secondary N) is 1. The minimum Gasteiger partial charge on any atom is -0.397 e. The van der Waals surface area contributed by atoms with Crippen LogP contribution in [0.25, 0.3) is 0 Å². The van der Waals surface area contributed by atoms with Gasteiger partial charge in [0.25, 0.3) is 0 Å². The molecule has 0 fully saturated rings. The number of nitrogens with two attached hydrogens (primary N) is 1. The van der Waals surface area contributed by atoms with E-state index in [1.807, 2.05) is 12.1 Å². The number of rotatable bonds is 3. The van der Waals surface area contributed by atoms with Gasteiger partial charge in [0.15, 0.2) is 0 Å². The van der Waals surface area contributed by atoms with Crippen LogP contribution in [0.2, 0.25) is 0 Å². The molecule has 0 unspecified atom stereocenters. The van der Waals surface area contributed by atoms with Gasteiger partial charge in [0.05, 0.1) is 29.8 Å². The minimum absolute atomic E-state index is 0.633. The summed E-state index contributed by atoms with van der Waals surface area (Å²) in [7, 11) is 0. The van der Waals surface area contributed by atoms with E-state index < -0.39 is 0 Å². The van der Waals surface area contributed by atoms with Gasteiger partial charge in [-0.2, -0.15) is 0 Å². The molecule has 3 N–H and O–H groups in total. The molecule has 0 spiro atoms. The molecule has 2 aromatic rings. The first-order valence-corrected chi connectivity index (χ1v) is 4.54. The van der Waals surface area contributed by atoms with Crippen LogP contribution in [0.5, 0.6) is 0 Å². The van der Waals surface area contributed by atoms with Crippen molar-refractivity contribution in [3.8, 4) is 0 Å². The summed E-state index contributed by atoms with van der Waals surface area (Å²) in [5.74, 6) is 0. The highest BCUT2D eigenvalue weighted by Gasteiger charge is 1.95. The predicted molar refractivity (Wildman–Crippen MR) is 58.0 cm³/mol. The summed E-state index contributed by atoms with van der Waals surface area (Å²) in [6.45, 7) is 0.633. The molecule has 2 heterocycles. The molecule has 0 radical (unpaired) electrons. The van der Waals surface area contributed by atoms with E-state index >= 15 is 0 Å². The Morgan fingerprint density at radius 1 is 1.27 bits per heavy atom. The van der Waals surface area contributed by atoms with Crippen molar-refractivity contribution in [3.05, 3.63) is 42.7 Å². The fourth-order valence-corrected chi connectivity index (χ4v) is 1.17. The van der Waals surface area contributed by atoms with E-state index in [-0.39, 0.29) is 0 Å². The van der Waals surface area contributed by atoms with E-state index in [4.69, 9.17) is 5.73 Å². The molecular weight excluding hydrogens is 190 g/mol. The van der Waals surface area contributed by atoms with Crippen LogP contribution in [0, 0.1) is 0 Å². The van der Waals surface area contributed by atoms with Crippen molar-refractivity contribution in [1.29, 1.82) is 0 Å². The molecule has 76 valence electrons. The zero-order valence-electron chi connectivity index (χ0n) is 8.09. The second-order valence-electron chi connectivity index (χ2n) is 3.06. The molecule has 0 aliphatic heterocycles. The van der Waals surface area contributed by atoms with Gasteiger partial charge in [-0.05, 0) is 12.1 Å². The topological polar surface area (TPSA) is 76.7 Å². The Kier molecular flexibility index (Phi) is 2.73. The number of anilines is 2. The maximum Gasteiger partial charge on any atom is 0.115 e. The third-order valence-corrected chi connectivity index (χ3v) is 1.88. The fourth-order valence-electron chi connectivity index (χ4n) is 1.17. The highest BCUT2D eigenvalue weighted by atomic mass is 14.9. The van der Waals surface area contributed by atoms with E-state index in [9.17, 15) is 0 Å². The van der Waals surface area contributed by atoms with E-state index in [2.05, 4.69) is 20.3 Å². The van der Waals surface area contributed by atoms with Crippen LogP contribution in [0.4, 0.5) is 11.4 Å². The maximum absolute atomic E-state index is 5.60.